The largest absolute Gasteiger partial charge is 0.497 e. The lowest BCUT2D eigenvalue weighted by Gasteiger charge is -2.18. The van der Waals surface area contributed by atoms with E-state index in [1.54, 1.807) is 13.4 Å². The Morgan fingerprint density at radius 3 is 2.52 bits per heavy atom. The van der Waals surface area contributed by atoms with Crippen molar-refractivity contribution in [1.82, 2.24) is 15.6 Å². The van der Waals surface area contributed by atoms with Gasteiger partial charge in [0.1, 0.15) is 12.0 Å². The minimum absolute atomic E-state index is 0.0545. The number of hydrogen-bond acceptors (Lipinski definition) is 4. The molecular formula is C23H27N3O3. The molecule has 0 bridgehead atoms. The summed E-state index contributed by atoms with van der Waals surface area (Å²) in [6, 6.07) is 15.5. The van der Waals surface area contributed by atoms with Gasteiger partial charge in [0.05, 0.1) is 18.8 Å². The molecule has 0 aliphatic rings. The van der Waals surface area contributed by atoms with E-state index in [1.807, 2.05) is 62.4 Å². The molecule has 3 aromatic rings. The van der Waals surface area contributed by atoms with E-state index in [2.05, 4.69) is 15.6 Å². The first-order valence-electron chi connectivity index (χ1n) is 9.78. The fourth-order valence-corrected chi connectivity index (χ4v) is 3.02. The first kappa shape index (κ1) is 20.5. The quantitative estimate of drug-likeness (QED) is 0.584. The Balaban J connectivity index is 1.48. The van der Waals surface area contributed by atoms with Crippen LogP contribution < -0.4 is 15.4 Å². The molecule has 0 spiro atoms. The lowest BCUT2D eigenvalue weighted by molar-refractivity contribution is 0.237. The summed E-state index contributed by atoms with van der Waals surface area (Å²) in [6.07, 6.45) is 3.03. The van der Waals surface area contributed by atoms with Crippen LogP contribution in [0.5, 0.6) is 5.75 Å². The number of nitrogens with one attached hydrogen (secondary N) is 2. The van der Waals surface area contributed by atoms with Crippen molar-refractivity contribution in [3.63, 3.8) is 0 Å². The number of carbonyl (C=O) groups excluding carboxylic acids is 1. The van der Waals surface area contributed by atoms with Gasteiger partial charge in [-0.15, -0.1) is 0 Å². The maximum absolute atomic E-state index is 12.3. The first-order valence-corrected chi connectivity index (χ1v) is 9.78. The molecule has 29 heavy (non-hydrogen) atoms. The van der Waals surface area contributed by atoms with Gasteiger partial charge in [-0.1, -0.05) is 36.8 Å². The molecule has 0 radical (unpaired) electrons. The van der Waals surface area contributed by atoms with Crippen molar-refractivity contribution in [2.75, 3.05) is 13.7 Å². The number of hydrogen-bond donors (Lipinski definition) is 2. The lowest BCUT2D eigenvalue weighted by Crippen LogP contribution is -2.38. The van der Waals surface area contributed by atoms with Gasteiger partial charge in [0.25, 0.3) is 0 Å². The van der Waals surface area contributed by atoms with E-state index in [1.165, 1.54) is 5.56 Å². The fraction of sp³-hybridized carbons (Fsp3) is 0.304. The molecule has 2 aromatic carbocycles. The number of aryl methyl sites for hydroxylation is 1. The van der Waals surface area contributed by atoms with Crippen molar-refractivity contribution in [1.29, 1.82) is 0 Å². The SMILES string of the molecule is CC[C@H](NC(=O)NCCc1coc(-c2ccc(C)cc2)n1)c1ccc(OC)cc1. The number of methoxy groups -OCH3 is 1. The third kappa shape index (κ3) is 5.60. The number of amides is 2. The third-order valence-electron chi connectivity index (χ3n) is 4.75. The Morgan fingerprint density at radius 2 is 1.86 bits per heavy atom. The average Bonchev–Trinajstić information content (AvgIpc) is 3.21. The highest BCUT2D eigenvalue weighted by Gasteiger charge is 2.13. The summed E-state index contributed by atoms with van der Waals surface area (Å²) < 4.78 is 10.7. The van der Waals surface area contributed by atoms with Crippen LogP contribution in [0, 0.1) is 6.92 Å². The number of benzene rings is 2. The molecule has 0 unspecified atom stereocenters. The average molecular weight is 393 g/mol. The number of urea groups is 1. The van der Waals surface area contributed by atoms with Crippen LogP contribution >= 0.6 is 0 Å². The number of aromatic nitrogens is 1. The zero-order valence-corrected chi connectivity index (χ0v) is 17.1. The number of nitrogens with zero attached hydrogens (tertiary/aromatic N) is 1. The summed E-state index contributed by atoms with van der Waals surface area (Å²) in [5.74, 6) is 1.39. The van der Waals surface area contributed by atoms with Gasteiger partial charge in [0, 0.05) is 18.5 Å². The molecular weight excluding hydrogens is 366 g/mol. The number of oxazole rings is 1. The van der Waals surface area contributed by atoms with Gasteiger partial charge in [-0.3, -0.25) is 0 Å². The number of rotatable bonds is 8. The Kier molecular flexibility index (Phi) is 6.89. The third-order valence-corrected chi connectivity index (χ3v) is 4.75. The van der Waals surface area contributed by atoms with Gasteiger partial charge in [-0.05, 0) is 43.2 Å². The molecule has 2 amide bonds. The van der Waals surface area contributed by atoms with Crippen LogP contribution in [-0.2, 0) is 6.42 Å². The topological polar surface area (TPSA) is 76.4 Å². The molecule has 0 saturated carbocycles. The molecule has 2 N–H and O–H groups in total. The van der Waals surface area contributed by atoms with E-state index in [9.17, 15) is 4.79 Å². The van der Waals surface area contributed by atoms with Gasteiger partial charge in [-0.2, -0.15) is 0 Å². The van der Waals surface area contributed by atoms with Crippen LogP contribution in [0.15, 0.2) is 59.2 Å². The Bertz CT molecular complexity index is 917. The second-order valence-electron chi connectivity index (χ2n) is 6.89. The normalized spacial score (nSPS) is 11.7. The summed E-state index contributed by atoms with van der Waals surface area (Å²) in [6.45, 7) is 4.56. The predicted molar refractivity (Wildman–Crippen MR) is 113 cm³/mol. The Hall–Kier alpha value is -3.28. The molecule has 6 heteroatoms. The second kappa shape index (κ2) is 9.78. The Morgan fingerprint density at radius 1 is 1.14 bits per heavy atom. The second-order valence-corrected chi connectivity index (χ2v) is 6.89. The fourth-order valence-electron chi connectivity index (χ4n) is 3.02. The van der Waals surface area contributed by atoms with E-state index >= 15 is 0 Å². The lowest BCUT2D eigenvalue weighted by atomic mass is 10.0. The molecule has 1 atom stereocenters. The molecule has 1 aromatic heterocycles. The van der Waals surface area contributed by atoms with Crippen molar-refractivity contribution in [3.05, 3.63) is 71.6 Å². The summed E-state index contributed by atoms with van der Waals surface area (Å²) >= 11 is 0. The highest BCUT2D eigenvalue weighted by atomic mass is 16.5. The smallest absolute Gasteiger partial charge is 0.315 e. The molecule has 0 fully saturated rings. The summed E-state index contributed by atoms with van der Waals surface area (Å²) in [5, 5.41) is 5.90. The van der Waals surface area contributed by atoms with E-state index in [-0.39, 0.29) is 12.1 Å². The molecule has 1 heterocycles. The standard InChI is InChI=1S/C23H27N3O3/c1-4-21(17-9-11-20(28-3)12-10-17)26-23(27)24-14-13-19-15-29-22(25-19)18-7-5-16(2)6-8-18/h5-12,15,21H,4,13-14H2,1-3H3,(H2,24,26,27)/t21-/m0/s1. The van der Waals surface area contributed by atoms with Crippen LogP contribution in [0.25, 0.3) is 11.5 Å². The van der Waals surface area contributed by atoms with Crippen LogP contribution in [-0.4, -0.2) is 24.7 Å². The van der Waals surface area contributed by atoms with Gasteiger partial charge in [0.15, 0.2) is 0 Å². The minimum atomic E-state index is -0.199. The van der Waals surface area contributed by atoms with E-state index in [0.717, 1.165) is 29.0 Å². The van der Waals surface area contributed by atoms with Crippen molar-refractivity contribution < 1.29 is 13.9 Å². The molecule has 0 aliphatic carbocycles. The van der Waals surface area contributed by atoms with Crippen molar-refractivity contribution in [2.45, 2.75) is 32.7 Å². The van der Waals surface area contributed by atoms with Crippen LogP contribution in [0.4, 0.5) is 4.79 Å². The van der Waals surface area contributed by atoms with Crippen molar-refractivity contribution in [2.24, 2.45) is 0 Å². The van der Waals surface area contributed by atoms with E-state index < -0.39 is 0 Å². The van der Waals surface area contributed by atoms with E-state index in [4.69, 9.17) is 9.15 Å². The highest BCUT2D eigenvalue weighted by Crippen LogP contribution is 2.20. The first-order chi connectivity index (χ1) is 14.1. The van der Waals surface area contributed by atoms with Crippen LogP contribution in [0.3, 0.4) is 0 Å². The van der Waals surface area contributed by atoms with Crippen LogP contribution in [0.1, 0.15) is 36.2 Å². The van der Waals surface area contributed by atoms with Gasteiger partial charge in [-0.25, -0.2) is 9.78 Å². The molecule has 0 saturated heterocycles. The predicted octanol–water partition coefficient (Wildman–Crippen LogP) is 4.65. The van der Waals surface area contributed by atoms with Gasteiger partial charge < -0.3 is 19.8 Å². The molecule has 0 aliphatic heterocycles. The number of ether oxygens (including phenoxy) is 1. The highest BCUT2D eigenvalue weighted by molar-refractivity contribution is 5.74. The van der Waals surface area contributed by atoms with E-state index in [0.29, 0.717) is 18.9 Å². The molecule has 3 rings (SSSR count). The summed E-state index contributed by atoms with van der Waals surface area (Å²) in [5.41, 5.74) is 3.99. The van der Waals surface area contributed by atoms with Crippen molar-refractivity contribution >= 4 is 6.03 Å². The van der Waals surface area contributed by atoms with Gasteiger partial charge >= 0.3 is 6.03 Å². The summed E-state index contributed by atoms with van der Waals surface area (Å²) in [4.78, 5) is 16.8. The van der Waals surface area contributed by atoms with Gasteiger partial charge in [0.2, 0.25) is 5.89 Å². The Labute approximate surface area is 171 Å². The summed E-state index contributed by atoms with van der Waals surface area (Å²) in [7, 11) is 1.64. The zero-order chi connectivity index (χ0) is 20.6. The zero-order valence-electron chi connectivity index (χ0n) is 17.1. The molecule has 6 nitrogen and oxygen atoms in total. The monoisotopic (exact) mass is 393 g/mol. The van der Waals surface area contributed by atoms with Crippen molar-refractivity contribution in [3.8, 4) is 17.2 Å². The maximum atomic E-state index is 12.3. The maximum Gasteiger partial charge on any atom is 0.315 e. The van der Waals surface area contributed by atoms with Crippen LogP contribution in [0.2, 0.25) is 0 Å². The molecule has 152 valence electrons. The minimum Gasteiger partial charge on any atom is -0.497 e. The number of carbonyl (C=O) groups is 1.